The van der Waals surface area contributed by atoms with Gasteiger partial charge in [0.2, 0.25) is 0 Å². The Morgan fingerprint density at radius 2 is 2.07 bits per heavy atom. The molecular weight excluding hydrogens is 188 g/mol. The maximum atomic E-state index is 10.1. The first-order chi connectivity index (χ1) is 7.09. The van der Waals surface area contributed by atoms with Crippen molar-refractivity contribution in [3.8, 4) is 0 Å². The van der Waals surface area contributed by atoms with Crippen LogP contribution in [0.25, 0.3) is 0 Å². The molecule has 0 amide bonds. The summed E-state index contributed by atoms with van der Waals surface area (Å²) in [6.45, 7) is 4.78. The van der Waals surface area contributed by atoms with E-state index in [4.69, 9.17) is 0 Å². The van der Waals surface area contributed by atoms with E-state index in [-0.39, 0.29) is 6.10 Å². The smallest absolute Gasteiger partial charge is 0.0573 e. The Kier molecular flexibility index (Phi) is 3.09. The first-order valence-electron chi connectivity index (χ1n) is 6.38. The van der Waals surface area contributed by atoms with E-state index in [1.165, 1.54) is 12.8 Å². The molecule has 15 heavy (non-hydrogen) atoms. The van der Waals surface area contributed by atoms with Crippen molar-refractivity contribution in [2.75, 3.05) is 6.61 Å². The summed E-state index contributed by atoms with van der Waals surface area (Å²) >= 11 is 0. The second kappa shape index (κ2) is 4.06. The zero-order valence-corrected chi connectivity index (χ0v) is 9.95. The quantitative estimate of drug-likeness (QED) is 0.736. The average Bonchev–Trinajstić information content (AvgIpc) is 2.56. The number of aliphatic hydroxyl groups excluding tert-OH is 2. The van der Waals surface area contributed by atoms with Crippen LogP contribution >= 0.6 is 0 Å². The van der Waals surface area contributed by atoms with Crippen LogP contribution in [-0.4, -0.2) is 22.9 Å². The van der Waals surface area contributed by atoms with Crippen LogP contribution in [0.2, 0.25) is 0 Å². The van der Waals surface area contributed by atoms with E-state index in [1.54, 1.807) is 0 Å². The molecule has 0 saturated heterocycles. The minimum absolute atomic E-state index is 0.0837. The highest BCUT2D eigenvalue weighted by atomic mass is 16.3. The molecular formula is C13H24O2. The van der Waals surface area contributed by atoms with E-state index in [9.17, 15) is 10.2 Å². The highest BCUT2D eigenvalue weighted by Gasteiger charge is 2.51. The van der Waals surface area contributed by atoms with E-state index >= 15 is 0 Å². The fraction of sp³-hybridized carbons (Fsp3) is 1.00. The minimum atomic E-state index is -0.0837. The van der Waals surface area contributed by atoms with Gasteiger partial charge in [-0.05, 0) is 48.9 Å². The molecule has 2 aliphatic carbocycles. The van der Waals surface area contributed by atoms with Crippen LogP contribution in [0.4, 0.5) is 0 Å². The Morgan fingerprint density at radius 3 is 2.73 bits per heavy atom. The van der Waals surface area contributed by atoms with Crippen LogP contribution in [0, 0.1) is 23.2 Å². The molecule has 0 bridgehead atoms. The molecule has 5 atom stereocenters. The molecule has 2 aliphatic rings. The summed E-state index contributed by atoms with van der Waals surface area (Å²) in [5, 5.41) is 19.4. The maximum Gasteiger partial charge on any atom is 0.0573 e. The molecule has 2 fully saturated rings. The average molecular weight is 212 g/mol. The van der Waals surface area contributed by atoms with Crippen LogP contribution in [0.1, 0.15) is 46.0 Å². The molecule has 0 radical (unpaired) electrons. The highest BCUT2D eigenvalue weighted by Crippen LogP contribution is 2.57. The fourth-order valence-corrected chi connectivity index (χ4v) is 4.25. The predicted octanol–water partition coefficient (Wildman–Crippen LogP) is 2.19. The Labute approximate surface area is 92.7 Å². The number of rotatable bonds is 2. The Morgan fingerprint density at radius 1 is 1.33 bits per heavy atom. The van der Waals surface area contributed by atoms with E-state index < -0.39 is 0 Å². The van der Waals surface area contributed by atoms with Crippen LogP contribution in [0.3, 0.4) is 0 Å². The lowest BCUT2D eigenvalue weighted by molar-refractivity contribution is -0.0321. The SMILES string of the molecule is C[C@H](CO)[C@@H]1CC[C@@H]2[C@@H](O)CCC[C@@]21C. The van der Waals surface area contributed by atoms with Crippen molar-refractivity contribution >= 4 is 0 Å². The lowest BCUT2D eigenvalue weighted by Gasteiger charge is -2.45. The van der Waals surface area contributed by atoms with Gasteiger partial charge < -0.3 is 10.2 Å². The van der Waals surface area contributed by atoms with Gasteiger partial charge in [-0.25, -0.2) is 0 Å². The first-order valence-corrected chi connectivity index (χ1v) is 6.38. The summed E-state index contributed by atoms with van der Waals surface area (Å²) in [5.41, 5.74) is 0.291. The number of hydrogen-bond donors (Lipinski definition) is 2. The second-order valence-electron chi connectivity index (χ2n) is 5.92. The lowest BCUT2D eigenvalue weighted by Crippen LogP contribution is -2.41. The summed E-state index contributed by atoms with van der Waals surface area (Å²) in [5.74, 6) is 1.50. The topological polar surface area (TPSA) is 40.5 Å². The van der Waals surface area contributed by atoms with Gasteiger partial charge in [0.25, 0.3) is 0 Å². The van der Waals surface area contributed by atoms with Gasteiger partial charge in [0.05, 0.1) is 6.10 Å². The number of fused-ring (bicyclic) bond motifs is 1. The summed E-state index contributed by atoms with van der Waals surface area (Å²) in [4.78, 5) is 0. The van der Waals surface area contributed by atoms with E-state index in [1.807, 2.05) is 0 Å². The van der Waals surface area contributed by atoms with Crippen LogP contribution in [-0.2, 0) is 0 Å². The van der Waals surface area contributed by atoms with Crippen LogP contribution in [0.5, 0.6) is 0 Å². The molecule has 0 aromatic rings. The predicted molar refractivity (Wildman–Crippen MR) is 60.4 cm³/mol. The molecule has 0 aromatic carbocycles. The van der Waals surface area contributed by atoms with Crippen molar-refractivity contribution in [1.82, 2.24) is 0 Å². The Hall–Kier alpha value is -0.0800. The van der Waals surface area contributed by atoms with Gasteiger partial charge in [-0.1, -0.05) is 20.3 Å². The minimum Gasteiger partial charge on any atom is -0.396 e. The molecule has 0 aromatic heterocycles. The van der Waals surface area contributed by atoms with Crippen molar-refractivity contribution < 1.29 is 10.2 Å². The zero-order chi connectivity index (χ0) is 11.1. The summed E-state index contributed by atoms with van der Waals surface area (Å²) in [6.07, 6.45) is 5.65. The van der Waals surface area contributed by atoms with Gasteiger partial charge in [0, 0.05) is 6.61 Å². The Balaban J connectivity index is 2.17. The largest absolute Gasteiger partial charge is 0.396 e. The van der Waals surface area contributed by atoms with Gasteiger partial charge in [-0.2, -0.15) is 0 Å². The van der Waals surface area contributed by atoms with Gasteiger partial charge in [0.1, 0.15) is 0 Å². The molecule has 0 heterocycles. The maximum absolute atomic E-state index is 10.1. The molecule has 2 rings (SSSR count). The molecule has 0 aliphatic heterocycles. The highest BCUT2D eigenvalue weighted by molar-refractivity contribution is 5.01. The van der Waals surface area contributed by atoms with Gasteiger partial charge in [-0.15, -0.1) is 0 Å². The van der Waals surface area contributed by atoms with Gasteiger partial charge >= 0.3 is 0 Å². The standard InChI is InChI=1S/C13H24O2/c1-9(8-14)10-5-6-11-12(15)4-3-7-13(10,11)2/h9-12,14-15H,3-8H2,1-2H3/t9-,10+,11-,12+,13-/m1/s1. The lowest BCUT2D eigenvalue weighted by atomic mass is 9.62. The molecule has 0 unspecified atom stereocenters. The van der Waals surface area contributed by atoms with E-state index in [2.05, 4.69) is 13.8 Å². The van der Waals surface area contributed by atoms with Crippen LogP contribution < -0.4 is 0 Å². The first kappa shape index (κ1) is 11.4. The second-order valence-corrected chi connectivity index (χ2v) is 5.92. The number of aliphatic hydroxyl groups is 2. The van der Waals surface area contributed by atoms with Crippen molar-refractivity contribution in [2.24, 2.45) is 23.2 Å². The van der Waals surface area contributed by atoms with Crippen molar-refractivity contribution in [2.45, 2.75) is 52.1 Å². The van der Waals surface area contributed by atoms with E-state index in [0.29, 0.717) is 29.8 Å². The summed E-state index contributed by atoms with van der Waals surface area (Å²) in [6, 6.07) is 0. The number of hydrogen-bond acceptors (Lipinski definition) is 2. The summed E-state index contributed by atoms with van der Waals surface area (Å²) < 4.78 is 0. The van der Waals surface area contributed by atoms with Gasteiger partial charge in [0.15, 0.2) is 0 Å². The third-order valence-electron chi connectivity index (χ3n) is 5.14. The van der Waals surface area contributed by atoms with Crippen LogP contribution in [0.15, 0.2) is 0 Å². The molecule has 2 N–H and O–H groups in total. The fourth-order valence-electron chi connectivity index (χ4n) is 4.25. The molecule has 0 spiro atoms. The molecule has 2 heteroatoms. The third kappa shape index (κ3) is 1.72. The van der Waals surface area contributed by atoms with Crippen molar-refractivity contribution in [1.29, 1.82) is 0 Å². The van der Waals surface area contributed by atoms with Crippen molar-refractivity contribution in [3.63, 3.8) is 0 Å². The molecule has 2 nitrogen and oxygen atoms in total. The molecule has 88 valence electrons. The normalized spacial score (nSPS) is 47.6. The van der Waals surface area contributed by atoms with E-state index in [0.717, 1.165) is 19.3 Å². The Bertz CT molecular complexity index is 229. The van der Waals surface area contributed by atoms with Gasteiger partial charge in [-0.3, -0.25) is 0 Å². The molecule has 2 saturated carbocycles. The van der Waals surface area contributed by atoms with Crippen molar-refractivity contribution in [3.05, 3.63) is 0 Å². The summed E-state index contributed by atoms with van der Waals surface area (Å²) in [7, 11) is 0. The monoisotopic (exact) mass is 212 g/mol. The zero-order valence-electron chi connectivity index (χ0n) is 9.95. The third-order valence-corrected chi connectivity index (χ3v) is 5.14.